The summed E-state index contributed by atoms with van der Waals surface area (Å²) < 4.78 is 6.68. The van der Waals surface area contributed by atoms with Crippen LogP contribution in [-0.2, 0) is 6.54 Å². The third-order valence-electron chi connectivity index (χ3n) is 4.35. The van der Waals surface area contributed by atoms with Gasteiger partial charge < -0.3 is 9.84 Å². The zero-order valence-electron chi connectivity index (χ0n) is 15.1. The normalized spacial score (nSPS) is 13.5. The number of rotatable bonds is 4. The van der Waals surface area contributed by atoms with Crippen LogP contribution in [0.25, 0.3) is 11.0 Å². The van der Waals surface area contributed by atoms with Crippen molar-refractivity contribution in [3.63, 3.8) is 0 Å². The molecule has 2 amide bonds. The number of nitrogens with zero attached hydrogens (tertiary/aromatic N) is 3. The lowest BCUT2D eigenvalue weighted by Gasteiger charge is -2.16. The summed E-state index contributed by atoms with van der Waals surface area (Å²) in [6.07, 6.45) is 2.59. The standard InChI is InChI=1S/C20H16BrN3O4/c1-10(2)28-18-14-13(17(25)15-16(18)23-7-6-22-15)19(26)24(20(14)27)9-11-4-3-5-12(21)8-11/h3-8,10,25H,9H2,1-2H3. The van der Waals surface area contributed by atoms with Gasteiger partial charge in [0.15, 0.2) is 11.5 Å². The number of hydrogen-bond acceptors (Lipinski definition) is 6. The molecule has 2 aromatic carbocycles. The zero-order chi connectivity index (χ0) is 20.0. The highest BCUT2D eigenvalue weighted by Crippen LogP contribution is 2.43. The van der Waals surface area contributed by atoms with Gasteiger partial charge in [-0.2, -0.15) is 0 Å². The van der Waals surface area contributed by atoms with Crippen LogP contribution in [-0.4, -0.2) is 37.9 Å². The Morgan fingerprint density at radius 2 is 1.79 bits per heavy atom. The second-order valence-corrected chi connectivity index (χ2v) is 7.59. The minimum Gasteiger partial charge on any atom is -0.505 e. The summed E-state index contributed by atoms with van der Waals surface area (Å²) in [7, 11) is 0. The summed E-state index contributed by atoms with van der Waals surface area (Å²) in [6, 6.07) is 7.33. The van der Waals surface area contributed by atoms with Crippen LogP contribution in [0.4, 0.5) is 0 Å². The molecule has 1 aliphatic rings. The highest BCUT2D eigenvalue weighted by molar-refractivity contribution is 9.10. The average molecular weight is 442 g/mol. The second-order valence-electron chi connectivity index (χ2n) is 6.67. The highest BCUT2D eigenvalue weighted by atomic mass is 79.9. The van der Waals surface area contributed by atoms with E-state index in [9.17, 15) is 14.7 Å². The second kappa shape index (κ2) is 6.87. The van der Waals surface area contributed by atoms with E-state index in [1.54, 1.807) is 0 Å². The molecule has 0 bridgehead atoms. The number of aromatic nitrogens is 2. The summed E-state index contributed by atoms with van der Waals surface area (Å²) >= 11 is 3.39. The Morgan fingerprint density at radius 3 is 2.46 bits per heavy atom. The van der Waals surface area contributed by atoms with Crippen molar-refractivity contribution in [3.8, 4) is 11.5 Å². The van der Waals surface area contributed by atoms with E-state index in [1.807, 2.05) is 38.1 Å². The van der Waals surface area contributed by atoms with E-state index in [0.717, 1.165) is 14.9 Å². The number of phenols is 1. The molecule has 28 heavy (non-hydrogen) atoms. The van der Waals surface area contributed by atoms with E-state index in [1.165, 1.54) is 12.4 Å². The topological polar surface area (TPSA) is 92.6 Å². The lowest BCUT2D eigenvalue weighted by Crippen LogP contribution is -2.29. The number of aromatic hydroxyl groups is 1. The molecule has 1 aromatic heterocycles. The van der Waals surface area contributed by atoms with Crippen LogP contribution in [0, 0.1) is 0 Å². The van der Waals surface area contributed by atoms with Gasteiger partial charge in [0.05, 0.1) is 12.6 Å². The number of fused-ring (bicyclic) bond motifs is 2. The number of halogens is 1. The van der Waals surface area contributed by atoms with Gasteiger partial charge in [-0.15, -0.1) is 0 Å². The molecule has 0 unspecified atom stereocenters. The predicted octanol–water partition coefficient (Wildman–Crippen LogP) is 3.68. The van der Waals surface area contributed by atoms with Crippen molar-refractivity contribution < 1.29 is 19.4 Å². The zero-order valence-corrected chi connectivity index (χ0v) is 16.7. The molecule has 2 heterocycles. The number of ether oxygens (including phenoxy) is 1. The minimum atomic E-state index is -0.585. The molecule has 142 valence electrons. The van der Waals surface area contributed by atoms with E-state index >= 15 is 0 Å². The van der Waals surface area contributed by atoms with Crippen molar-refractivity contribution in [2.24, 2.45) is 0 Å². The highest BCUT2D eigenvalue weighted by Gasteiger charge is 2.43. The molecule has 7 nitrogen and oxygen atoms in total. The maximum absolute atomic E-state index is 13.1. The molecule has 0 aliphatic carbocycles. The molecule has 0 saturated carbocycles. The van der Waals surface area contributed by atoms with Gasteiger partial charge in [-0.05, 0) is 31.5 Å². The van der Waals surface area contributed by atoms with Crippen LogP contribution in [0.15, 0.2) is 41.1 Å². The lowest BCUT2D eigenvalue weighted by atomic mass is 10.0. The van der Waals surface area contributed by atoms with Gasteiger partial charge in [0.2, 0.25) is 0 Å². The molecule has 4 rings (SSSR count). The SMILES string of the molecule is CC(C)Oc1c2c(c(O)c3nccnc13)C(=O)N(Cc1cccc(Br)c1)C2=O. The van der Waals surface area contributed by atoms with Gasteiger partial charge in [0.25, 0.3) is 11.8 Å². The number of carbonyl (C=O) groups excluding carboxylic acids is 2. The summed E-state index contributed by atoms with van der Waals surface area (Å²) in [5.41, 5.74) is 1.08. The fraction of sp³-hybridized carbons (Fsp3) is 0.200. The Balaban J connectivity index is 1.89. The molecular weight excluding hydrogens is 426 g/mol. The van der Waals surface area contributed by atoms with Crippen molar-refractivity contribution in [1.29, 1.82) is 0 Å². The van der Waals surface area contributed by atoms with E-state index in [4.69, 9.17) is 4.74 Å². The molecule has 3 aromatic rings. The number of phenolic OH excluding ortho intramolecular Hbond substituents is 1. The Kier molecular flexibility index (Phi) is 4.50. The molecule has 8 heteroatoms. The summed E-state index contributed by atoms with van der Waals surface area (Å²) in [5, 5.41) is 10.7. The van der Waals surface area contributed by atoms with Gasteiger partial charge in [0, 0.05) is 16.9 Å². The first kappa shape index (κ1) is 18.4. The van der Waals surface area contributed by atoms with Crippen LogP contribution in [0.1, 0.15) is 40.1 Å². The number of imide groups is 1. The number of carbonyl (C=O) groups is 2. The van der Waals surface area contributed by atoms with Gasteiger partial charge in [0.1, 0.15) is 22.2 Å². The van der Waals surface area contributed by atoms with Crippen LogP contribution >= 0.6 is 15.9 Å². The fourth-order valence-corrected chi connectivity index (χ4v) is 3.68. The summed E-state index contributed by atoms with van der Waals surface area (Å²) in [5.74, 6) is -1.30. The Morgan fingerprint density at radius 1 is 1.11 bits per heavy atom. The maximum atomic E-state index is 13.1. The van der Waals surface area contributed by atoms with Crippen LogP contribution in [0.5, 0.6) is 11.5 Å². The van der Waals surface area contributed by atoms with Crippen molar-refractivity contribution >= 4 is 38.8 Å². The monoisotopic (exact) mass is 441 g/mol. The third kappa shape index (κ3) is 2.90. The van der Waals surface area contributed by atoms with Gasteiger partial charge >= 0.3 is 0 Å². The molecule has 0 atom stereocenters. The summed E-state index contributed by atoms with van der Waals surface area (Å²) in [6.45, 7) is 3.69. The Bertz CT molecular complexity index is 1130. The number of benzene rings is 2. The third-order valence-corrected chi connectivity index (χ3v) is 4.85. The average Bonchev–Trinajstić information content (AvgIpc) is 2.90. The molecule has 1 N–H and O–H groups in total. The van der Waals surface area contributed by atoms with Crippen LogP contribution in [0.3, 0.4) is 0 Å². The van der Waals surface area contributed by atoms with E-state index in [2.05, 4.69) is 25.9 Å². The van der Waals surface area contributed by atoms with Crippen molar-refractivity contribution in [2.75, 3.05) is 0 Å². The van der Waals surface area contributed by atoms with E-state index in [-0.39, 0.29) is 46.3 Å². The largest absolute Gasteiger partial charge is 0.505 e. The predicted molar refractivity (Wildman–Crippen MR) is 105 cm³/mol. The van der Waals surface area contributed by atoms with E-state index < -0.39 is 11.8 Å². The van der Waals surface area contributed by atoms with Crippen LogP contribution < -0.4 is 4.74 Å². The Hall–Kier alpha value is -3.00. The van der Waals surface area contributed by atoms with Crippen LogP contribution in [0.2, 0.25) is 0 Å². The van der Waals surface area contributed by atoms with Crippen molar-refractivity contribution in [2.45, 2.75) is 26.5 Å². The maximum Gasteiger partial charge on any atom is 0.265 e. The first-order valence-electron chi connectivity index (χ1n) is 8.65. The van der Waals surface area contributed by atoms with Gasteiger partial charge in [-0.3, -0.25) is 14.5 Å². The van der Waals surface area contributed by atoms with Gasteiger partial charge in [-0.1, -0.05) is 28.1 Å². The first-order chi connectivity index (χ1) is 13.4. The number of amides is 2. The van der Waals surface area contributed by atoms with E-state index in [0.29, 0.717) is 0 Å². The quantitative estimate of drug-likeness (QED) is 0.620. The minimum absolute atomic E-state index is 0.0270. The fourth-order valence-electron chi connectivity index (χ4n) is 3.23. The van der Waals surface area contributed by atoms with Gasteiger partial charge in [-0.25, -0.2) is 9.97 Å². The first-order valence-corrected chi connectivity index (χ1v) is 9.44. The molecule has 0 saturated heterocycles. The molecule has 0 radical (unpaired) electrons. The molecular formula is C20H16BrN3O4. The molecule has 1 aliphatic heterocycles. The summed E-state index contributed by atoms with van der Waals surface area (Å²) in [4.78, 5) is 35.6. The molecule has 0 fully saturated rings. The van der Waals surface area contributed by atoms with Crippen molar-refractivity contribution in [1.82, 2.24) is 14.9 Å². The number of hydrogen-bond donors (Lipinski definition) is 1. The van der Waals surface area contributed by atoms with Crippen molar-refractivity contribution in [3.05, 3.63) is 57.8 Å². The Labute approximate surface area is 169 Å². The molecule has 0 spiro atoms. The lowest BCUT2D eigenvalue weighted by molar-refractivity contribution is 0.0640. The smallest absolute Gasteiger partial charge is 0.265 e.